The van der Waals surface area contributed by atoms with E-state index in [2.05, 4.69) is 11.0 Å². The molecule has 0 aliphatic carbocycles. The number of rotatable bonds is 2. The van der Waals surface area contributed by atoms with E-state index in [0.717, 1.165) is 18.8 Å². The molecule has 0 aromatic heterocycles. The molecule has 4 nitrogen and oxygen atoms in total. The van der Waals surface area contributed by atoms with E-state index < -0.39 is 0 Å². The summed E-state index contributed by atoms with van der Waals surface area (Å²) in [5.74, 6) is -0.0342. The number of halogens is 2. The predicted octanol–water partition coefficient (Wildman–Crippen LogP) is 3.83. The summed E-state index contributed by atoms with van der Waals surface area (Å²) >= 11 is 11.9. The van der Waals surface area contributed by atoms with Gasteiger partial charge in [0.1, 0.15) is 0 Å². The molecule has 0 saturated carbocycles. The van der Waals surface area contributed by atoms with E-state index in [4.69, 9.17) is 28.5 Å². The summed E-state index contributed by atoms with van der Waals surface area (Å²) in [5, 5.41) is 9.69. The molecule has 1 saturated heterocycles. The highest BCUT2D eigenvalue weighted by Crippen LogP contribution is 2.24. The largest absolute Gasteiger partial charge is 0.368 e. The van der Waals surface area contributed by atoms with Crippen LogP contribution < -0.4 is 4.90 Å². The lowest BCUT2D eigenvalue weighted by atomic mass is 10.1. The monoisotopic (exact) mass is 359 g/mol. The Labute approximate surface area is 150 Å². The second-order valence-corrected chi connectivity index (χ2v) is 6.38. The fraction of sp³-hybridized carbons (Fsp3) is 0.222. The molecule has 1 heterocycles. The van der Waals surface area contributed by atoms with Crippen LogP contribution in [-0.4, -0.2) is 37.0 Å². The zero-order chi connectivity index (χ0) is 17.1. The van der Waals surface area contributed by atoms with Crippen LogP contribution in [0, 0.1) is 11.3 Å². The maximum Gasteiger partial charge on any atom is 0.254 e. The van der Waals surface area contributed by atoms with E-state index >= 15 is 0 Å². The number of amides is 1. The normalized spacial score (nSPS) is 14.4. The number of benzene rings is 2. The number of anilines is 1. The Morgan fingerprint density at radius 2 is 1.62 bits per heavy atom. The molecule has 0 N–H and O–H groups in total. The molecule has 1 amide bonds. The van der Waals surface area contributed by atoms with Crippen molar-refractivity contribution in [1.29, 1.82) is 5.26 Å². The average molecular weight is 360 g/mol. The van der Waals surface area contributed by atoms with Gasteiger partial charge in [0.15, 0.2) is 0 Å². The summed E-state index contributed by atoms with van der Waals surface area (Å²) in [6.07, 6.45) is 0. The third-order valence-corrected chi connectivity index (χ3v) is 4.83. The molecule has 0 bridgehead atoms. The van der Waals surface area contributed by atoms with Crippen molar-refractivity contribution in [3.63, 3.8) is 0 Å². The van der Waals surface area contributed by atoms with Gasteiger partial charge in [0.25, 0.3) is 5.91 Å². The molecule has 0 atom stereocenters. The van der Waals surface area contributed by atoms with Gasteiger partial charge in [-0.3, -0.25) is 4.79 Å². The third-order valence-electron chi connectivity index (χ3n) is 4.09. The van der Waals surface area contributed by atoms with Gasteiger partial charge in [-0.1, -0.05) is 23.2 Å². The summed E-state index contributed by atoms with van der Waals surface area (Å²) in [5.41, 5.74) is 2.26. The van der Waals surface area contributed by atoms with Gasteiger partial charge in [-0.25, -0.2) is 0 Å². The van der Waals surface area contributed by atoms with Crippen LogP contribution in [0.2, 0.25) is 10.0 Å². The first-order chi connectivity index (χ1) is 11.6. The van der Waals surface area contributed by atoms with E-state index in [9.17, 15) is 4.79 Å². The van der Waals surface area contributed by atoms with Gasteiger partial charge in [0.2, 0.25) is 0 Å². The van der Waals surface area contributed by atoms with Gasteiger partial charge < -0.3 is 9.80 Å². The van der Waals surface area contributed by atoms with Gasteiger partial charge in [-0.2, -0.15) is 5.26 Å². The molecule has 2 aromatic rings. The molecular weight excluding hydrogens is 345 g/mol. The summed E-state index contributed by atoms with van der Waals surface area (Å²) in [7, 11) is 0. The van der Waals surface area contributed by atoms with E-state index in [0.29, 0.717) is 34.3 Å². The summed E-state index contributed by atoms with van der Waals surface area (Å²) in [6.45, 7) is 2.77. The van der Waals surface area contributed by atoms with Crippen molar-refractivity contribution in [2.75, 3.05) is 31.1 Å². The number of nitrogens with zero attached hydrogens (tertiary/aromatic N) is 3. The number of carbonyl (C=O) groups excluding carboxylic acids is 1. The van der Waals surface area contributed by atoms with Crippen LogP contribution in [0.15, 0.2) is 42.5 Å². The van der Waals surface area contributed by atoms with Crippen molar-refractivity contribution >= 4 is 34.8 Å². The molecule has 1 aliphatic rings. The Morgan fingerprint density at radius 3 is 2.21 bits per heavy atom. The number of nitriles is 1. The van der Waals surface area contributed by atoms with Crippen LogP contribution in [0.1, 0.15) is 15.9 Å². The smallest absolute Gasteiger partial charge is 0.254 e. The number of piperazine rings is 1. The van der Waals surface area contributed by atoms with E-state index in [1.807, 2.05) is 29.2 Å². The maximum absolute atomic E-state index is 12.6. The average Bonchev–Trinajstić information content (AvgIpc) is 2.63. The Kier molecular flexibility index (Phi) is 4.94. The molecule has 1 aliphatic heterocycles. The molecular formula is C18H15Cl2N3O. The number of hydrogen-bond acceptors (Lipinski definition) is 3. The van der Waals surface area contributed by atoms with Crippen molar-refractivity contribution in [2.45, 2.75) is 0 Å². The van der Waals surface area contributed by atoms with Gasteiger partial charge in [-0.05, 0) is 42.5 Å². The zero-order valence-electron chi connectivity index (χ0n) is 12.9. The van der Waals surface area contributed by atoms with Gasteiger partial charge in [-0.15, -0.1) is 0 Å². The Balaban J connectivity index is 1.64. The topological polar surface area (TPSA) is 47.3 Å². The van der Waals surface area contributed by atoms with Crippen LogP contribution in [-0.2, 0) is 0 Å². The minimum atomic E-state index is -0.0342. The second kappa shape index (κ2) is 7.12. The molecule has 0 radical (unpaired) electrons. The number of hydrogen-bond donors (Lipinski definition) is 0. The lowest BCUT2D eigenvalue weighted by Crippen LogP contribution is -2.48. The van der Waals surface area contributed by atoms with E-state index in [-0.39, 0.29) is 5.91 Å². The molecule has 0 spiro atoms. The molecule has 1 fully saturated rings. The van der Waals surface area contributed by atoms with Gasteiger partial charge in [0, 0.05) is 37.4 Å². The van der Waals surface area contributed by atoms with E-state index in [1.54, 1.807) is 18.2 Å². The summed E-state index contributed by atoms with van der Waals surface area (Å²) in [4.78, 5) is 16.6. The molecule has 122 valence electrons. The van der Waals surface area contributed by atoms with E-state index in [1.165, 1.54) is 0 Å². The van der Waals surface area contributed by atoms with Crippen molar-refractivity contribution in [3.05, 3.63) is 63.6 Å². The first kappa shape index (κ1) is 16.6. The van der Waals surface area contributed by atoms with Crippen molar-refractivity contribution in [3.8, 4) is 6.07 Å². The van der Waals surface area contributed by atoms with Gasteiger partial charge >= 0.3 is 0 Å². The molecule has 24 heavy (non-hydrogen) atoms. The fourth-order valence-corrected chi connectivity index (χ4v) is 3.02. The van der Waals surface area contributed by atoms with Gasteiger partial charge in [0.05, 0.1) is 21.7 Å². The van der Waals surface area contributed by atoms with Crippen LogP contribution in [0.4, 0.5) is 5.69 Å². The molecule has 3 rings (SSSR count). The quantitative estimate of drug-likeness (QED) is 0.818. The maximum atomic E-state index is 12.6. The summed E-state index contributed by atoms with van der Waals surface area (Å²) < 4.78 is 0. The SMILES string of the molecule is N#Cc1ccc(N2CCN(C(=O)c3ccc(Cl)c(Cl)c3)CC2)cc1. The molecule has 0 unspecified atom stereocenters. The second-order valence-electron chi connectivity index (χ2n) is 5.57. The standard InChI is InChI=1S/C18H15Cl2N3O/c19-16-6-3-14(11-17(16)20)18(24)23-9-7-22(8-10-23)15-4-1-13(12-21)2-5-15/h1-6,11H,7-10H2. The third kappa shape index (κ3) is 3.48. The van der Waals surface area contributed by atoms with Crippen LogP contribution in [0.25, 0.3) is 0 Å². The lowest BCUT2D eigenvalue weighted by Gasteiger charge is -2.36. The minimum Gasteiger partial charge on any atom is -0.368 e. The highest BCUT2D eigenvalue weighted by atomic mass is 35.5. The Hall–Kier alpha value is -2.22. The highest BCUT2D eigenvalue weighted by molar-refractivity contribution is 6.42. The Morgan fingerprint density at radius 1 is 0.958 bits per heavy atom. The molecule has 6 heteroatoms. The predicted molar refractivity (Wildman–Crippen MR) is 95.7 cm³/mol. The van der Waals surface area contributed by atoms with Crippen molar-refractivity contribution < 1.29 is 4.79 Å². The molecule has 2 aromatic carbocycles. The van der Waals surface area contributed by atoms with Crippen LogP contribution in [0.5, 0.6) is 0 Å². The first-order valence-corrected chi connectivity index (χ1v) is 8.33. The summed E-state index contributed by atoms with van der Waals surface area (Å²) in [6, 6.07) is 14.6. The van der Waals surface area contributed by atoms with Crippen molar-refractivity contribution in [1.82, 2.24) is 4.90 Å². The van der Waals surface area contributed by atoms with Crippen LogP contribution in [0.3, 0.4) is 0 Å². The number of carbonyl (C=O) groups is 1. The zero-order valence-corrected chi connectivity index (χ0v) is 14.4. The first-order valence-electron chi connectivity index (χ1n) is 7.58. The Bertz CT molecular complexity index is 791. The fourth-order valence-electron chi connectivity index (χ4n) is 2.73. The highest BCUT2D eigenvalue weighted by Gasteiger charge is 2.22. The van der Waals surface area contributed by atoms with Crippen molar-refractivity contribution in [2.24, 2.45) is 0 Å². The van der Waals surface area contributed by atoms with Crippen LogP contribution >= 0.6 is 23.2 Å². The minimum absolute atomic E-state index is 0.0342. The lowest BCUT2D eigenvalue weighted by molar-refractivity contribution is 0.0747.